The second-order valence-electron chi connectivity index (χ2n) is 6.29. The van der Waals surface area contributed by atoms with Gasteiger partial charge in [-0.15, -0.1) is 0 Å². The minimum atomic E-state index is -0.888. The highest BCUT2D eigenvalue weighted by molar-refractivity contribution is 5.83. The van der Waals surface area contributed by atoms with Crippen LogP contribution in [0.1, 0.15) is 32.6 Å². The number of carbonyl (C=O) groups excluding carboxylic acids is 1. The normalized spacial score (nSPS) is 30.3. The van der Waals surface area contributed by atoms with Crippen LogP contribution in [-0.4, -0.2) is 66.3 Å². The van der Waals surface area contributed by atoms with Crippen molar-refractivity contribution >= 4 is 12.0 Å². The molecule has 2 heterocycles. The molecule has 0 spiro atoms. The summed E-state index contributed by atoms with van der Waals surface area (Å²) in [5.41, 5.74) is 0. The van der Waals surface area contributed by atoms with E-state index in [1.165, 1.54) is 0 Å². The van der Waals surface area contributed by atoms with E-state index in [-0.39, 0.29) is 11.9 Å². The maximum Gasteiger partial charge on any atom is 0.326 e. The van der Waals surface area contributed by atoms with Gasteiger partial charge in [0, 0.05) is 32.7 Å². The summed E-state index contributed by atoms with van der Waals surface area (Å²) >= 11 is 0. The van der Waals surface area contributed by atoms with Crippen LogP contribution >= 0.6 is 0 Å². The maximum atomic E-state index is 12.7. The molecule has 0 aliphatic carbocycles. The lowest BCUT2D eigenvalue weighted by Gasteiger charge is -2.42. The third-order valence-corrected chi connectivity index (χ3v) is 4.62. The molecule has 2 aliphatic rings. The summed E-state index contributed by atoms with van der Waals surface area (Å²) in [7, 11) is 1.67. The van der Waals surface area contributed by atoms with E-state index in [1.54, 1.807) is 16.9 Å². The van der Waals surface area contributed by atoms with Gasteiger partial charge >= 0.3 is 12.0 Å². The Morgan fingerprint density at radius 3 is 2.62 bits per heavy atom. The highest BCUT2D eigenvalue weighted by Gasteiger charge is 2.39. The average Bonchev–Trinajstić information content (AvgIpc) is 2.46. The van der Waals surface area contributed by atoms with E-state index in [0.717, 1.165) is 32.2 Å². The first-order valence-electron chi connectivity index (χ1n) is 7.82. The minimum Gasteiger partial charge on any atom is -0.480 e. The van der Waals surface area contributed by atoms with E-state index >= 15 is 0 Å². The lowest BCUT2D eigenvalue weighted by Crippen LogP contribution is -2.57. The maximum absolute atomic E-state index is 12.7. The lowest BCUT2D eigenvalue weighted by atomic mass is 9.91. The Kier molecular flexibility index (Phi) is 5.45. The SMILES string of the molecule is COCC1CCCN(C(=O)N2CCCC(C)C2C(=O)O)C1. The molecular weight excluding hydrogens is 272 g/mol. The molecule has 0 aromatic rings. The van der Waals surface area contributed by atoms with E-state index in [0.29, 0.717) is 25.6 Å². The van der Waals surface area contributed by atoms with Crippen LogP contribution in [0.25, 0.3) is 0 Å². The molecule has 0 radical (unpaired) electrons. The first-order chi connectivity index (χ1) is 10.0. The van der Waals surface area contributed by atoms with Gasteiger partial charge in [0.15, 0.2) is 0 Å². The van der Waals surface area contributed by atoms with Crippen LogP contribution in [0.5, 0.6) is 0 Å². The molecule has 6 nitrogen and oxygen atoms in total. The molecule has 2 aliphatic heterocycles. The Balaban J connectivity index is 2.04. The summed E-state index contributed by atoms with van der Waals surface area (Å²) in [5, 5.41) is 9.43. The van der Waals surface area contributed by atoms with Crippen LogP contribution in [0.3, 0.4) is 0 Å². The van der Waals surface area contributed by atoms with Gasteiger partial charge in [-0.2, -0.15) is 0 Å². The predicted molar refractivity (Wildman–Crippen MR) is 78.1 cm³/mol. The van der Waals surface area contributed by atoms with Gasteiger partial charge in [0.2, 0.25) is 0 Å². The second-order valence-corrected chi connectivity index (χ2v) is 6.29. The van der Waals surface area contributed by atoms with Crippen molar-refractivity contribution in [3.63, 3.8) is 0 Å². The van der Waals surface area contributed by atoms with Crippen LogP contribution < -0.4 is 0 Å². The Hall–Kier alpha value is -1.30. The number of amides is 2. The minimum absolute atomic E-state index is 0.0137. The van der Waals surface area contributed by atoms with E-state index < -0.39 is 12.0 Å². The molecule has 0 aromatic heterocycles. The number of likely N-dealkylation sites (tertiary alicyclic amines) is 2. The molecule has 0 bridgehead atoms. The standard InChI is InChI=1S/C15H26N2O4/c1-11-5-3-8-17(13(11)14(18)19)15(20)16-7-4-6-12(9-16)10-21-2/h11-13H,3-10H2,1-2H3,(H,18,19). The van der Waals surface area contributed by atoms with Crippen LogP contribution in [0.4, 0.5) is 4.79 Å². The number of ether oxygens (including phenoxy) is 1. The molecule has 2 amide bonds. The van der Waals surface area contributed by atoms with Crippen molar-refractivity contribution < 1.29 is 19.4 Å². The second kappa shape index (κ2) is 7.11. The number of nitrogens with zero attached hydrogens (tertiary/aromatic N) is 2. The first-order valence-corrected chi connectivity index (χ1v) is 7.82. The van der Waals surface area contributed by atoms with Crippen molar-refractivity contribution in [3.05, 3.63) is 0 Å². The first kappa shape index (κ1) is 16.1. The highest BCUT2D eigenvalue weighted by Crippen LogP contribution is 2.26. The van der Waals surface area contributed by atoms with E-state index in [4.69, 9.17) is 4.74 Å². The average molecular weight is 298 g/mol. The quantitative estimate of drug-likeness (QED) is 0.860. The zero-order valence-corrected chi connectivity index (χ0v) is 13.0. The monoisotopic (exact) mass is 298 g/mol. The van der Waals surface area contributed by atoms with Gasteiger partial charge in [-0.1, -0.05) is 6.92 Å². The largest absolute Gasteiger partial charge is 0.480 e. The fraction of sp³-hybridized carbons (Fsp3) is 0.867. The Labute approximate surface area is 126 Å². The summed E-state index contributed by atoms with van der Waals surface area (Å²) in [4.78, 5) is 27.6. The van der Waals surface area contributed by atoms with Gasteiger partial charge in [0.25, 0.3) is 0 Å². The van der Waals surface area contributed by atoms with Gasteiger partial charge in [-0.05, 0) is 31.6 Å². The number of aliphatic carboxylic acids is 1. The van der Waals surface area contributed by atoms with E-state index in [9.17, 15) is 14.7 Å². The number of rotatable bonds is 3. The molecule has 21 heavy (non-hydrogen) atoms. The molecule has 120 valence electrons. The molecule has 6 heteroatoms. The van der Waals surface area contributed by atoms with Crippen LogP contribution in [0.2, 0.25) is 0 Å². The topological polar surface area (TPSA) is 70.1 Å². The van der Waals surface area contributed by atoms with Crippen molar-refractivity contribution in [2.24, 2.45) is 11.8 Å². The third-order valence-electron chi connectivity index (χ3n) is 4.62. The summed E-state index contributed by atoms with van der Waals surface area (Å²) in [6.07, 6.45) is 3.77. The third kappa shape index (κ3) is 3.67. The van der Waals surface area contributed by atoms with Crippen LogP contribution in [0, 0.1) is 11.8 Å². The van der Waals surface area contributed by atoms with Gasteiger partial charge < -0.3 is 19.6 Å². The van der Waals surface area contributed by atoms with E-state index in [2.05, 4.69) is 0 Å². The lowest BCUT2D eigenvalue weighted by molar-refractivity contribution is -0.145. The highest BCUT2D eigenvalue weighted by atomic mass is 16.5. The summed E-state index contributed by atoms with van der Waals surface area (Å²) in [6, 6.07) is -0.802. The van der Waals surface area contributed by atoms with Crippen LogP contribution in [-0.2, 0) is 9.53 Å². The number of carbonyl (C=O) groups is 2. The summed E-state index contributed by atoms with van der Waals surface area (Å²) < 4.78 is 5.19. The molecular formula is C15H26N2O4. The number of carboxylic acid groups (broad SMARTS) is 1. The number of urea groups is 1. The molecule has 2 rings (SSSR count). The fourth-order valence-corrected chi connectivity index (χ4v) is 3.57. The van der Waals surface area contributed by atoms with Crippen molar-refractivity contribution in [2.75, 3.05) is 33.4 Å². The van der Waals surface area contributed by atoms with Gasteiger partial charge in [-0.3, -0.25) is 0 Å². The summed E-state index contributed by atoms with van der Waals surface area (Å²) in [5.74, 6) is -0.515. The zero-order chi connectivity index (χ0) is 15.4. The smallest absolute Gasteiger partial charge is 0.326 e. The van der Waals surface area contributed by atoms with Crippen molar-refractivity contribution in [1.29, 1.82) is 0 Å². The van der Waals surface area contributed by atoms with E-state index in [1.807, 2.05) is 6.92 Å². The van der Waals surface area contributed by atoms with Crippen molar-refractivity contribution in [1.82, 2.24) is 9.80 Å². The summed E-state index contributed by atoms with van der Waals surface area (Å²) in [6.45, 7) is 4.51. The molecule has 1 N–H and O–H groups in total. The molecule has 3 atom stereocenters. The Morgan fingerprint density at radius 1 is 1.24 bits per heavy atom. The number of carboxylic acids is 1. The van der Waals surface area contributed by atoms with Crippen LogP contribution in [0.15, 0.2) is 0 Å². The number of piperidine rings is 2. The number of hydrogen-bond donors (Lipinski definition) is 1. The molecule has 3 unspecified atom stereocenters. The molecule has 2 fully saturated rings. The van der Waals surface area contributed by atoms with Crippen molar-refractivity contribution in [3.8, 4) is 0 Å². The molecule has 0 aromatic carbocycles. The van der Waals surface area contributed by atoms with Gasteiger partial charge in [0.05, 0.1) is 6.61 Å². The molecule has 2 saturated heterocycles. The predicted octanol–water partition coefficient (Wildman–Crippen LogP) is 1.65. The number of methoxy groups -OCH3 is 1. The number of hydrogen-bond acceptors (Lipinski definition) is 3. The van der Waals surface area contributed by atoms with Gasteiger partial charge in [0.1, 0.15) is 6.04 Å². The Bertz CT molecular complexity index is 386. The zero-order valence-electron chi connectivity index (χ0n) is 13.0. The Morgan fingerprint density at radius 2 is 1.95 bits per heavy atom. The van der Waals surface area contributed by atoms with Gasteiger partial charge in [-0.25, -0.2) is 9.59 Å². The fourth-order valence-electron chi connectivity index (χ4n) is 3.57. The molecule has 0 saturated carbocycles. The van der Waals surface area contributed by atoms with Crippen molar-refractivity contribution in [2.45, 2.75) is 38.6 Å².